The van der Waals surface area contributed by atoms with E-state index in [0.717, 1.165) is 29.7 Å². The maximum Gasteiger partial charge on any atom is 0.230 e. The minimum atomic E-state index is -0.278. The Kier molecular flexibility index (Phi) is 3.04. The maximum absolute atomic E-state index is 13.5. The molecule has 4 heteroatoms. The topological polar surface area (TPSA) is 52.0 Å². The maximum atomic E-state index is 13.5. The molecule has 1 fully saturated rings. The van der Waals surface area contributed by atoms with Crippen molar-refractivity contribution in [2.24, 2.45) is 5.41 Å². The summed E-state index contributed by atoms with van der Waals surface area (Å²) in [6.07, 6.45) is 3.40. The van der Waals surface area contributed by atoms with Gasteiger partial charge < -0.3 is 10.3 Å². The van der Waals surface area contributed by atoms with Crippen molar-refractivity contribution in [1.82, 2.24) is 5.16 Å². The van der Waals surface area contributed by atoms with Gasteiger partial charge in [0.15, 0.2) is 0 Å². The molecule has 0 aliphatic heterocycles. The van der Waals surface area contributed by atoms with Crippen molar-refractivity contribution in [2.75, 3.05) is 5.73 Å². The summed E-state index contributed by atoms with van der Waals surface area (Å²) in [7, 11) is 0. The fourth-order valence-corrected chi connectivity index (χ4v) is 3.32. The summed E-state index contributed by atoms with van der Waals surface area (Å²) >= 11 is 0. The Hall–Kier alpha value is -1.84. The lowest BCUT2D eigenvalue weighted by Crippen LogP contribution is -2.16. The summed E-state index contributed by atoms with van der Waals surface area (Å²) in [5, 5.41) is 4.18. The summed E-state index contributed by atoms with van der Waals surface area (Å²) in [6, 6.07) is 6.43. The normalized spacial score (nSPS) is 21.2. The highest BCUT2D eigenvalue weighted by Gasteiger charge is 2.39. The fourth-order valence-electron chi connectivity index (χ4n) is 3.32. The van der Waals surface area contributed by atoms with Gasteiger partial charge in [-0.25, -0.2) is 4.39 Å². The van der Waals surface area contributed by atoms with Crippen LogP contribution in [0, 0.1) is 11.2 Å². The minimum Gasteiger partial charge on any atom is -0.367 e. The van der Waals surface area contributed by atoms with Crippen LogP contribution < -0.4 is 5.73 Å². The van der Waals surface area contributed by atoms with Crippen LogP contribution in [-0.2, 0) is 0 Å². The molecule has 0 saturated heterocycles. The first-order valence-corrected chi connectivity index (χ1v) is 7.00. The molecule has 1 aromatic carbocycles. The van der Waals surface area contributed by atoms with E-state index in [9.17, 15) is 4.39 Å². The van der Waals surface area contributed by atoms with Gasteiger partial charge in [-0.05, 0) is 36.0 Å². The number of hydrogen-bond donors (Lipinski definition) is 1. The van der Waals surface area contributed by atoms with Crippen molar-refractivity contribution in [3.63, 3.8) is 0 Å². The molecular formula is C16H19FN2O. The number of anilines is 1. The molecule has 3 rings (SSSR count). The Morgan fingerprint density at radius 3 is 2.85 bits per heavy atom. The number of nitrogens with zero attached hydrogens (tertiary/aromatic N) is 1. The lowest BCUT2D eigenvalue weighted by molar-refractivity contribution is 0.314. The molecule has 1 aliphatic rings. The van der Waals surface area contributed by atoms with E-state index in [2.05, 4.69) is 19.0 Å². The monoisotopic (exact) mass is 274 g/mol. The third-order valence-electron chi connectivity index (χ3n) is 4.45. The van der Waals surface area contributed by atoms with E-state index in [1.54, 1.807) is 6.07 Å². The van der Waals surface area contributed by atoms with Gasteiger partial charge in [0.2, 0.25) is 5.88 Å². The van der Waals surface area contributed by atoms with E-state index in [0.29, 0.717) is 5.92 Å². The van der Waals surface area contributed by atoms with Crippen LogP contribution in [0.4, 0.5) is 10.3 Å². The molecule has 0 amide bonds. The first-order valence-electron chi connectivity index (χ1n) is 7.00. The number of aromatic nitrogens is 1. The largest absolute Gasteiger partial charge is 0.367 e. The summed E-state index contributed by atoms with van der Waals surface area (Å²) in [4.78, 5) is 0. The molecule has 3 nitrogen and oxygen atoms in total. The lowest BCUT2D eigenvalue weighted by atomic mass is 9.78. The molecule has 0 spiro atoms. The van der Waals surface area contributed by atoms with E-state index < -0.39 is 0 Å². The molecule has 1 heterocycles. The van der Waals surface area contributed by atoms with Crippen LogP contribution in [0.5, 0.6) is 0 Å². The van der Waals surface area contributed by atoms with Crippen LogP contribution in [0.15, 0.2) is 28.8 Å². The molecule has 2 N–H and O–H groups in total. The second-order valence-corrected chi connectivity index (χ2v) is 6.25. The SMILES string of the molecule is CC1(C)CCCC1c1noc(N)c1-c1cccc(F)c1. The van der Waals surface area contributed by atoms with Gasteiger partial charge in [0.25, 0.3) is 0 Å². The number of rotatable bonds is 2. The molecule has 2 aromatic rings. The van der Waals surface area contributed by atoms with Crippen molar-refractivity contribution in [2.45, 2.75) is 39.0 Å². The van der Waals surface area contributed by atoms with Gasteiger partial charge in [-0.1, -0.05) is 37.6 Å². The predicted molar refractivity (Wildman–Crippen MR) is 76.7 cm³/mol. The Morgan fingerprint density at radius 1 is 1.40 bits per heavy atom. The molecule has 1 saturated carbocycles. The standard InChI is InChI=1S/C16H19FN2O/c1-16(2)8-4-7-12(16)14-13(15(18)20-19-14)10-5-3-6-11(17)9-10/h3,5-6,9,12H,4,7-8,18H2,1-2H3. The molecule has 20 heavy (non-hydrogen) atoms. The second kappa shape index (κ2) is 4.62. The molecule has 0 radical (unpaired) electrons. The van der Waals surface area contributed by atoms with Crippen LogP contribution in [0.1, 0.15) is 44.7 Å². The smallest absolute Gasteiger partial charge is 0.230 e. The Morgan fingerprint density at radius 2 is 2.20 bits per heavy atom. The van der Waals surface area contributed by atoms with Crippen molar-refractivity contribution < 1.29 is 8.91 Å². The summed E-state index contributed by atoms with van der Waals surface area (Å²) in [5.41, 5.74) is 8.46. The van der Waals surface area contributed by atoms with Crippen molar-refractivity contribution in [1.29, 1.82) is 0 Å². The first kappa shape index (κ1) is 13.2. The van der Waals surface area contributed by atoms with Gasteiger partial charge in [0.1, 0.15) is 5.82 Å². The van der Waals surface area contributed by atoms with E-state index in [1.165, 1.54) is 18.6 Å². The van der Waals surface area contributed by atoms with Gasteiger partial charge in [0.05, 0.1) is 11.3 Å². The summed E-state index contributed by atoms with van der Waals surface area (Å²) in [6.45, 7) is 4.48. The van der Waals surface area contributed by atoms with Gasteiger partial charge in [-0.2, -0.15) is 0 Å². The fraction of sp³-hybridized carbons (Fsp3) is 0.438. The zero-order chi connectivity index (χ0) is 14.3. The van der Waals surface area contributed by atoms with E-state index in [4.69, 9.17) is 10.3 Å². The van der Waals surface area contributed by atoms with Crippen molar-refractivity contribution in [3.8, 4) is 11.1 Å². The highest BCUT2D eigenvalue weighted by molar-refractivity contribution is 5.75. The molecular weight excluding hydrogens is 255 g/mol. The number of nitrogen functional groups attached to an aromatic ring is 1. The average Bonchev–Trinajstić information content (AvgIpc) is 2.91. The number of hydrogen-bond acceptors (Lipinski definition) is 3. The second-order valence-electron chi connectivity index (χ2n) is 6.25. The number of halogens is 1. The van der Waals surface area contributed by atoms with E-state index >= 15 is 0 Å². The Bertz CT molecular complexity index is 633. The van der Waals surface area contributed by atoms with Gasteiger partial charge >= 0.3 is 0 Å². The van der Waals surface area contributed by atoms with Gasteiger partial charge in [-0.3, -0.25) is 0 Å². The Balaban J connectivity index is 2.11. The average molecular weight is 274 g/mol. The summed E-state index contributed by atoms with van der Waals surface area (Å²) in [5.74, 6) is 0.301. The lowest BCUT2D eigenvalue weighted by Gasteiger charge is -2.25. The highest BCUT2D eigenvalue weighted by Crippen LogP contribution is 2.51. The quantitative estimate of drug-likeness (QED) is 0.885. The van der Waals surface area contributed by atoms with Crippen LogP contribution in [0.3, 0.4) is 0 Å². The van der Waals surface area contributed by atoms with Gasteiger partial charge in [-0.15, -0.1) is 0 Å². The molecule has 1 unspecified atom stereocenters. The van der Waals surface area contributed by atoms with Crippen LogP contribution in [-0.4, -0.2) is 5.16 Å². The van der Waals surface area contributed by atoms with Crippen molar-refractivity contribution >= 4 is 5.88 Å². The molecule has 1 aliphatic carbocycles. The van der Waals surface area contributed by atoms with E-state index in [-0.39, 0.29) is 17.1 Å². The van der Waals surface area contributed by atoms with Crippen LogP contribution in [0.25, 0.3) is 11.1 Å². The van der Waals surface area contributed by atoms with Gasteiger partial charge in [0, 0.05) is 5.92 Å². The van der Waals surface area contributed by atoms with Crippen molar-refractivity contribution in [3.05, 3.63) is 35.8 Å². The molecule has 1 atom stereocenters. The minimum absolute atomic E-state index is 0.172. The first-order chi connectivity index (χ1) is 9.49. The number of benzene rings is 1. The third-order valence-corrected chi connectivity index (χ3v) is 4.45. The number of nitrogens with two attached hydrogens (primary N) is 1. The Labute approximate surface area is 118 Å². The molecule has 1 aromatic heterocycles. The third kappa shape index (κ3) is 2.09. The van der Waals surface area contributed by atoms with Crippen LogP contribution >= 0.6 is 0 Å². The van der Waals surface area contributed by atoms with Crippen LogP contribution in [0.2, 0.25) is 0 Å². The highest BCUT2D eigenvalue weighted by atomic mass is 19.1. The molecule has 0 bridgehead atoms. The van der Waals surface area contributed by atoms with E-state index in [1.807, 2.05) is 6.07 Å². The zero-order valence-corrected chi connectivity index (χ0v) is 11.8. The zero-order valence-electron chi connectivity index (χ0n) is 11.8. The molecule has 106 valence electrons. The predicted octanol–water partition coefficient (Wildman–Crippen LogP) is 4.36. The summed E-state index contributed by atoms with van der Waals surface area (Å²) < 4.78 is 18.7.